The van der Waals surface area contributed by atoms with E-state index in [1.165, 1.54) is 5.69 Å². The van der Waals surface area contributed by atoms with Crippen molar-refractivity contribution >= 4 is 33.7 Å². The van der Waals surface area contributed by atoms with Crippen LogP contribution in [0.4, 0.5) is 5.69 Å². The van der Waals surface area contributed by atoms with Gasteiger partial charge in [0.2, 0.25) is 5.91 Å². The molecule has 9 nitrogen and oxygen atoms in total. The predicted octanol–water partition coefficient (Wildman–Crippen LogP) is 6.63. The van der Waals surface area contributed by atoms with Gasteiger partial charge in [-0.25, -0.2) is 9.97 Å². The molecule has 0 saturated carbocycles. The van der Waals surface area contributed by atoms with E-state index >= 15 is 0 Å². The molecule has 3 heterocycles. The largest absolute Gasteiger partial charge is 0.494 e. The van der Waals surface area contributed by atoms with Gasteiger partial charge in [0, 0.05) is 56.0 Å². The van der Waals surface area contributed by atoms with Crippen LogP contribution in [0, 0.1) is 5.41 Å². The summed E-state index contributed by atoms with van der Waals surface area (Å²) in [6, 6.07) is 20.6. The first kappa shape index (κ1) is 30.6. The van der Waals surface area contributed by atoms with Gasteiger partial charge in [-0.1, -0.05) is 32.9 Å². The fourth-order valence-corrected chi connectivity index (χ4v) is 5.78. The third-order valence-corrected chi connectivity index (χ3v) is 8.44. The Kier molecular flexibility index (Phi) is 9.07. The predicted molar refractivity (Wildman–Crippen MR) is 183 cm³/mol. The molecule has 3 N–H and O–H groups in total. The number of benzene rings is 3. The summed E-state index contributed by atoms with van der Waals surface area (Å²) in [4.78, 5) is 33.7. The van der Waals surface area contributed by atoms with Gasteiger partial charge in [-0.15, -0.1) is 0 Å². The molecule has 1 amide bonds. The van der Waals surface area contributed by atoms with E-state index in [-0.39, 0.29) is 5.91 Å². The summed E-state index contributed by atoms with van der Waals surface area (Å²) >= 11 is 0. The highest BCUT2D eigenvalue weighted by atomic mass is 16.5. The topological polar surface area (TPSA) is 102 Å². The molecule has 0 aliphatic carbocycles. The summed E-state index contributed by atoms with van der Waals surface area (Å²) in [6.45, 7) is 12.1. The number of fused-ring (bicyclic) bond motifs is 2. The van der Waals surface area contributed by atoms with E-state index in [4.69, 9.17) is 14.7 Å². The second-order valence-corrected chi connectivity index (χ2v) is 13.4. The maximum Gasteiger partial charge on any atom is 0.220 e. The molecule has 0 spiro atoms. The molecule has 0 radical (unpaired) electrons. The van der Waals surface area contributed by atoms with Gasteiger partial charge in [-0.2, -0.15) is 0 Å². The first-order chi connectivity index (χ1) is 21.7. The lowest BCUT2D eigenvalue weighted by Gasteiger charge is -2.34. The number of ether oxygens (including phenoxy) is 1. The molecule has 45 heavy (non-hydrogen) atoms. The number of hydrogen-bond acceptors (Lipinski definition) is 6. The zero-order chi connectivity index (χ0) is 31.4. The molecule has 1 fully saturated rings. The van der Waals surface area contributed by atoms with Crippen molar-refractivity contribution in [2.75, 3.05) is 51.3 Å². The lowest BCUT2D eigenvalue weighted by molar-refractivity contribution is -0.121. The average molecular weight is 608 g/mol. The molecule has 1 aliphatic heterocycles. The number of aromatic nitrogens is 4. The number of imidazole rings is 2. The van der Waals surface area contributed by atoms with Crippen molar-refractivity contribution in [3.8, 4) is 28.5 Å². The number of nitrogens with zero attached hydrogens (tertiary/aromatic N) is 4. The van der Waals surface area contributed by atoms with Crippen LogP contribution < -0.4 is 15.0 Å². The summed E-state index contributed by atoms with van der Waals surface area (Å²) in [5, 5.41) is 3.02. The Hall–Kier alpha value is -4.37. The highest BCUT2D eigenvalue weighted by Crippen LogP contribution is 2.29. The second kappa shape index (κ2) is 13.3. The van der Waals surface area contributed by atoms with E-state index in [1.807, 2.05) is 30.3 Å². The van der Waals surface area contributed by atoms with Crippen molar-refractivity contribution < 1.29 is 9.53 Å². The van der Waals surface area contributed by atoms with Gasteiger partial charge in [0.05, 0.1) is 28.7 Å². The quantitative estimate of drug-likeness (QED) is 0.146. The van der Waals surface area contributed by atoms with Crippen molar-refractivity contribution in [3.05, 3.63) is 60.7 Å². The first-order valence-electron chi connectivity index (χ1n) is 16.1. The van der Waals surface area contributed by atoms with Gasteiger partial charge in [0.1, 0.15) is 17.4 Å². The zero-order valence-corrected chi connectivity index (χ0v) is 26.9. The van der Waals surface area contributed by atoms with Crippen LogP contribution in [0.1, 0.15) is 46.5 Å². The Labute approximate surface area is 265 Å². The normalized spacial score (nSPS) is 14.4. The standard InChI is InChI=1S/C36H45N7O2/c1-36(2,3)15-7-16-37-33(44)10-6-21-45-28-9-5-8-25(22-28)34-38-29-13-11-26(23-31(29)40-34)35-39-30-14-12-27(24-32(30)41-35)43-19-17-42(4)18-20-43/h5,8-9,11-14,22-24H,6-7,10,15-21H2,1-4H3,(H,37,44)(H,38,40)(H,39,41). The van der Waals surface area contributed by atoms with E-state index in [0.29, 0.717) is 24.9 Å². The number of amides is 1. The Balaban J connectivity index is 1.07. The monoisotopic (exact) mass is 607 g/mol. The van der Waals surface area contributed by atoms with E-state index in [0.717, 1.165) is 96.2 Å². The number of piperazine rings is 1. The van der Waals surface area contributed by atoms with Crippen LogP contribution in [0.3, 0.4) is 0 Å². The Morgan fingerprint density at radius 3 is 2.29 bits per heavy atom. The van der Waals surface area contributed by atoms with Crippen LogP contribution in [-0.2, 0) is 4.79 Å². The smallest absolute Gasteiger partial charge is 0.220 e. The fraction of sp³-hybridized carbons (Fsp3) is 0.417. The lowest BCUT2D eigenvalue weighted by atomic mass is 9.91. The van der Waals surface area contributed by atoms with Crippen LogP contribution in [0.15, 0.2) is 60.7 Å². The van der Waals surface area contributed by atoms with Crippen molar-refractivity contribution in [1.82, 2.24) is 30.2 Å². The van der Waals surface area contributed by atoms with Crippen LogP contribution in [0.2, 0.25) is 0 Å². The van der Waals surface area contributed by atoms with Gasteiger partial charge in [0.15, 0.2) is 0 Å². The Bertz CT molecular complexity index is 1760. The fourth-order valence-electron chi connectivity index (χ4n) is 5.78. The first-order valence-corrected chi connectivity index (χ1v) is 16.1. The van der Waals surface area contributed by atoms with Crippen molar-refractivity contribution in [2.24, 2.45) is 5.41 Å². The van der Waals surface area contributed by atoms with Gasteiger partial charge in [0.25, 0.3) is 0 Å². The summed E-state index contributed by atoms with van der Waals surface area (Å²) in [5.41, 5.74) is 7.32. The average Bonchev–Trinajstić information content (AvgIpc) is 3.65. The Morgan fingerprint density at radius 1 is 0.867 bits per heavy atom. The molecule has 9 heteroatoms. The highest BCUT2D eigenvalue weighted by Gasteiger charge is 2.16. The third kappa shape index (κ3) is 7.84. The van der Waals surface area contributed by atoms with E-state index < -0.39 is 0 Å². The minimum Gasteiger partial charge on any atom is -0.494 e. The minimum atomic E-state index is 0.0842. The number of hydrogen-bond donors (Lipinski definition) is 3. The second-order valence-electron chi connectivity index (χ2n) is 13.4. The maximum absolute atomic E-state index is 12.2. The molecule has 3 aromatic carbocycles. The van der Waals surface area contributed by atoms with Crippen LogP contribution in [-0.4, -0.2) is 77.1 Å². The minimum absolute atomic E-state index is 0.0842. The Morgan fingerprint density at radius 2 is 1.56 bits per heavy atom. The molecule has 5 aromatic rings. The zero-order valence-electron chi connectivity index (χ0n) is 26.9. The van der Waals surface area contributed by atoms with Crippen molar-refractivity contribution in [1.29, 1.82) is 0 Å². The number of anilines is 1. The summed E-state index contributed by atoms with van der Waals surface area (Å²) < 4.78 is 5.98. The number of nitrogens with one attached hydrogen (secondary N) is 3. The van der Waals surface area contributed by atoms with Gasteiger partial charge < -0.3 is 29.8 Å². The number of carbonyl (C=O) groups is 1. The number of likely N-dealkylation sites (N-methyl/N-ethyl adjacent to an activating group) is 1. The number of carbonyl (C=O) groups excluding carboxylic acids is 1. The van der Waals surface area contributed by atoms with Crippen molar-refractivity contribution in [3.63, 3.8) is 0 Å². The molecule has 2 aromatic heterocycles. The third-order valence-electron chi connectivity index (χ3n) is 8.44. The summed E-state index contributed by atoms with van der Waals surface area (Å²) in [5.74, 6) is 2.47. The van der Waals surface area contributed by atoms with Crippen LogP contribution >= 0.6 is 0 Å². The molecule has 6 rings (SSSR count). The van der Waals surface area contributed by atoms with Gasteiger partial charge >= 0.3 is 0 Å². The molecule has 1 aliphatic rings. The molecular formula is C36H45N7O2. The molecular weight excluding hydrogens is 562 g/mol. The molecule has 0 atom stereocenters. The maximum atomic E-state index is 12.2. The summed E-state index contributed by atoms with van der Waals surface area (Å²) in [7, 11) is 2.18. The number of aromatic amines is 2. The SMILES string of the molecule is CN1CCN(c2ccc3nc(-c4ccc5nc(-c6cccc(OCCCC(=O)NCCCC(C)(C)C)c6)[nH]c5c4)[nH]c3c2)CC1. The molecule has 0 unspecified atom stereocenters. The van der Waals surface area contributed by atoms with E-state index in [9.17, 15) is 4.79 Å². The highest BCUT2D eigenvalue weighted by molar-refractivity contribution is 5.87. The number of rotatable bonds is 11. The van der Waals surface area contributed by atoms with E-state index in [2.05, 4.69) is 83.2 Å². The van der Waals surface area contributed by atoms with Gasteiger partial charge in [-0.05, 0) is 80.3 Å². The summed E-state index contributed by atoms with van der Waals surface area (Å²) in [6.07, 6.45) is 3.23. The number of H-pyrrole nitrogens is 2. The lowest BCUT2D eigenvalue weighted by Crippen LogP contribution is -2.44. The van der Waals surface area contributed by atoms with E-state index in [1.54, 1.807) is 0 Å². The molecule has 0 bridgehead atoms. The van der Waals surface area contributed by atoms with Gasteiger partial charge in [-0.3, -0.25) is 4.79 Å². The van der Waals surface area contributed by atoms with Crippen LogP contribution in [0.25, 0.3) is 44.8 Å². The molecule has 1 saturated heterocycles. The van der Waals surface area contributed by atoms with Crippen LogP contribution in [0.5, 0.6) is 5.75 Å². The van der Waals surface area contributed by atoms with Crippen molar-refractivity contribution in [2.45, 2.75) is 46.5 Å². The molecule has 236 valence electrons.